The molecule has 0 aliphatic rings. The molecule has 1 rings (SSSR count). The van der Waals surface area contributed by atoms with Crippen molar-refractivity contribution in [2.75, 3.05) is 6.61 Å². The average molecular weight is 144 g/mol. The van der Waals surface area contributed by atoms with Gasteiger partial charge in [0.2, 0.25) is 0 Å². The molecule has 0 amide bonds. The Kier molecular flexibility index (Phi) is 1.86. The van der Waals surface area contributed by atoms with Gasteiger partial charge in [-0.05, 0) is 6.92 Å². The van der Waals surface area contributed by atoms with Crippen molar-refractivity contribution in [2.45, 2.75) is 13.5 Å². The molecule has 5 nitrogen and oxygen atoms in total. The van der Waals surface area contributed by atoms with Crippen molar-refractivity contribution in [3.8, 4) is 0 Å². The third-order valence-electron chi connectivity index (χ3n) is 1.19. The molecule has 0 aliphatic heterocycles. The summed E-state index contributed by atoms with van der Waals surface area (Å²) in [6.07, 6.45) is 0. The zero-order valence-corrected chi connectivity index (χ0v) is 5.57. The van der Waals surface area contributed by atoms with Gasteiger partial charge in [0.15, 0.2) is 5.82 Å². The van der Waals surface area contributed by atoms with E-state index in [9.17, 15) is 4.79 Å². The number of aryl methyl sites for hydroxylation is 1. The Bertz CT molecular complexity index is 262. The highest BCUT2D eigenvalue weighted by atomic mass is 16.5. The van der Waals surface area contributed by atoms with Gasteiger partial charge in [-0.3, -0.25) is 9.09 Å². The second-order valence-corrected chi connectivity index (χ2v) is 1.87. The molecule has 0 spiro atoms. The monoisotopic (exact) mass is 144 g/mol. The van der Waals surface area contributed by atoms with Gasteiger partial charge in [0.1, 0.15) is 0 Å². The molecule has 0 bridgehead atoms. The Morgan fingerprint density at radius 1 is 1.80 bits per heavy atom. The molecule has 0 aromatic carbocycles. The lowest BCUT2D eigenvalue weighted by Crippen LogP contribution is -2.17. The van der Waals surface area contributed by atoms with E-state index in [0.717, 1.165) is 0 Å². The van der Waals surface area contributed by atoms with Crippen LogP contribution in [0.5, 0.6) is 0 Å². The smallest absolute Gasteiger partial charge is 0.395 e. The van der Waals surface area contributed by atoms with Gasteiger partial charge in [0.25, 0.3) is 0 Å². The van der Waals surface area contributed by atoms with Crippen molar-refractivity contribution >= 4 is 0 Å². The minimum atomic E-state index is -0.522. The molecule has 0 saturated carbocycles. The zero-order valence-electron chi connectivity index (χ0n) is 5.57. The van der Waals surface area contributed by atoms with Crippen molar-refractivity contribution in [2.24, 2.45) is 0 Å². The standard InChI is InChI=1S/C5H8N2O3/c1-4-6-10-5(9)7(4)2-3-8/h8H,2-3H2,1H3. The highest BCUT2D eigenvalue weighted by Crippen LogP contribution is 1.86. The third-order valence-corrected chi connectivity index (χ3v) is 1.19. The highest BCUT2D eigenvalue weighted by molar-refractivity contribution is 4.77. The molecule has 56 valence electrons. The number of aliphatic hydroxyl groups is 1. The Balaban J connectivity index is 2.99. The lowest BCUT2D eigenvalue weighted by atomic mass is 10.6. The summed E-state index contributed by atoms with van der Waals surface area (Å²) in [4.78, 5) is 10.7. The van der Waals surface area contributed by atoms with Crippen LogP contribution in [0.3, 0.4) is 0 Å². The Labute approximate surface area is 56.9 Å². The molecule has 1 heterocycles. The Morgan fingerprint density at radius 3 is 2.90 bits per heavy atom. The minimum absolute atomic E-state index is 0.0814. The molecular weight excluding hydrogens is 136 g/mol. The van der Waals surface area contributed by atoms with Crippen LogP contribution in [0.15, 0.2) is 9.32 Å². The largest absolute Gasteiger partial charge is 0.441 e. The third kappa shape index (κ3) is 1.08. The van der Waals surface area contributed by atoms with Gasteiger partial charge in [-0.25, -0.2) is 4.79 Å². The number of hydrogen-bond acceptors (Lipinski definition) is 4. The topological polar surface area (TPSA) is 68.3 Å². The van der Waals surface area contributed by atoms with E-state index < -0.39 is 5.76 Å². The van der Waals surface area contributed by atoms with Gasteiger partial charge < -0.3 is 5.11 Å². The van der Waals surface area contributed by atoms with Crippen LogP contribution in [-0.2, 0) is 6.54 Å². The van der Waals surface area contributed by atoms with Crippen LogP contribution in [0.25, 0.3) is 0 Å². The van der Waals surface area contributed by atoms with Crippen LogP contribution in [-0.4, -0.2) is 21.4 Å². The Hall–Kier alpha value is -1.10. The van der Waals surface area contributed by atoms with E-state index in [4.69, 9.17) is 5.11 Å². The van der Waals surface area contributed by atoms with Crippen molar-refractivity contribution in [1.82, 2.24) is 9.72 Å². The lowest BCUT2D eigenvalue weighted by Gasteiger charge is -1.93. The minimum Gasteiger partial charge on any atom is -0.395 e. The molecule has 5 heteroatoms. The summed E-state index contributed by atoms with van der Waals surface area (Å²) in [5, 5.41) is 11.9. The second-order valence-electron chi connectivity index (χ2n) is 1.87. The summed E-state index contributed by atoms with van der Waals surface area (Å²) in [7, 11) is 0. The number of nitrogens with zero attached hydrogens (tertiary/aromatic N) is 2. The number of aromatic nitrogens is 2. The van der Waals surface area contributed by atoms with Crippen LogP contribution < -0.4 is 5.76 Å². The maximum atomic E-state index is 10.7. The predicted molar refractivity (Wildman–Crippen MR) is 32.6 cm³/mol. The summed E-state index contributed by atoms with van der Waals surface area (Å²) in [5.74, 6) is -0.0365. The molecule has 0 unspecified atom stereocenters. The van der Waals surface area contributed by atoms with Gasteiger partial charge in [-0.1, -0.05) is 5.16 Å². The van der Waals surface area contributed by atoms with Crippen LogP contribution in [0.1, 0.15) is 5.82 Å². The fourth-order valence-corrected chi connectivity index (χ4v) is 0.689. The predicted octanol–water partition coefficient (Wildman–Crippen LogP) is -0.863. The molecule has 1 N–H and O–H groups in total. The molecule has 0 aliphatic carbocycles. The van der Waals surface area contributed by atoms with Gasteiger partial charge in [0.05, 0.1) is 13.2 Å². The summed E-state index contributed by atoms with van der Waals surface area (Å²) >= 11 is 0. The molecule has 10 heavy (non-hydrogen) atoms. The first-order chi connectivity index (χ1) is 4.75. The van der Waals surface area contributed by atoms with E-state index in [1.807, 2.05) is 0 Å². The fraction of sp³-hybridized carbons (Fsp3) is 0.600. The molecule has 1 aromatic rings. The average Bonchev–Trinajstić information content (AvgIpc) is 2.20. The molecule has 0 atom stereocenters. The number of rotatable bonds is 2. The molecular formula is C5H8N2O3. The van der Waals surface area contributed by atoms with Gasteiger partial charge >= 0.3 is 5.76 Å². The van der Waals surface area contributed by atoms with Crippen molar-refractivity contribution < 1.29 is 9.63 Å². The quantitative estimate of drug-likeness (QED) is 0.586. The summed E-state index contributed by atoms with van der Waals surface area (Å²) in [5.41, 5.74) is 0. The van der Waals surface area contributed by atoms with E-state index >= 15 is 0 Å². The van der Waals surface area contributed by atoms with E-state index in [0.29, 0.717) is 5.82 Å². The van der Waals surface area contributed by atoms with Gasteiger partial charge in [-0.2, -0.15) is 0 Å². The first kappa shape index (κ1) is 7.01. The Morgan fingerprint density at radius 2 is 2.50 bits per heavy atom. The van der Waals surface area contributed by atoms with E-state index in [1.165, 1.54) is 4.57 Å². The van der Waals surface area contributed by atoms with Gasteiger partial charge in [-0.15, -0.1) is 0 Å². The van der Waals surface area contributed by atoms with E-state index in [2.05, 4.69) is 9.68 Å². The number of aliphatic hydroxyl groups excluding tert-OH is 1. The van der Waals surface area contributed by atoms with Crippen LogP contribution in [0, 0.1) is 6.92 Å². The first-order valence-electron chi connectivity index (χ1n) is 2.89. The fourth-order valence-electron chi connectivity index (χ4n) is 0.689. The van der Waals surface area contributed by atoms with E-state index in [-0.39, 0.29) is 13.2 Å². The second kappa shape index (κ2) is 2.66. The van der Waals surface area contributed by atoms with Crippen molar-refractivity contribution in [3.63, 3.8) is 0 Å². The zero-order chi connectivity index (χ0) is 7.56. The maximum Gasteiger partial charge on any atom is 0.441 e. The van der Waals surface area contributed by atoms with Crippen molar-refractivity contribution in [1.29, 1.82) is 0 Å². The van der Waals surface area contributed by atoms with Crippen LogP contribution in [0.2, 0.25) is 0 Å². The lowest BCUT2D eigenvalue weighted by molar-refractivity contribution is 0.268. The summed E-state index contributed by atoms with van der Waals surface area (Å²) in [6.45, 7) is 1.80. The van der Waals surface area contributed by atoms with Crippen LogP contribution >= 0.6 is 0 Å². The normalized spacial score (nSPS) is 10.2. The molecule has 0 radical (unpaired) electrons. The van der Waals surface area contributed by atoms with Crippen LogP contribution in [0.4, 0.5) is 0 Å². The summed E-state index contributed by atoms with van der Waals surface area (Å²) < 4.78 is 5.56. The molecule has 1 aromatic heterocycles. The summed E-state index contributed by atoms with van der Waals surface area (Å²) in [6, 6.07) is 0. The molecule has 0 saturated heterocycles. The molecule has 0 fully saturated rings. The van der Waals surface area contributed by atoms with Crippen molar-refractivity contribution in [3.05, 3.63) is 16.4 Å². The van der Waals surface area contributed by atoms with E-state index in [1.54, 1.807) is 6.92 Å². The number of hydrogen-bond donors (Lipinski definition) is 1. The van der Waals surface area contributed by atoms with Gasteiger partial charge in [0, 0.05) is 0 Å². The first-order valence-corrected chi connectivity index (χ1v) is 2.89. The maximum absolute atomic E-state index is 10.7. The SMILES string of the molecule is Cc1noc(=O)n1CCO. The highest BCUT2D eigenvalue weighted by Gasteiger charge is 2.02.